The summed E-state index contributed by atoms with van der Waals surface area (Å²) in [7, 11) is 0. The largest absolute Gasteiger partial charge is 0.431 e. The van der Waals surface area contributed by atoms with Crippen LogP contribution in [-0.2, 0) is 9.53 Å². The van der Waals surface area contributed by atoms with Crippen LogP contribution < -0.4 is 5.32 Å². The number of ether oxygens (including phenoxy) is 1. The summed E-state index contributed by atoms with van der Waals surface area (Å²) in [6.07, 6.45) is 3.87. The quantitative estimate of drug-likeness (QED) is 0.788. The maximum absolute atomic E-state index is 12.1. The van der Waals surface area contributed by atoms with Crippen LogP contribution in [0.5, 0.6) is 0 Å². The minimum absolute atomic E-state index is 0.0401. The average Bonchev–Trinajstić information content (AvgIpc) is 3.25. The molecule has 3 rings (SSSR count). The molecule has 0 saturated carbocycles. The molecular weight excluding hydrogens is 348 g/mol. The Morgan fingerprint density at radius 3 is 2.96 bits per heavy atom. The molecule has 1 saturated heterocycles. The van der Waals surface area contributed by atoms with Gasteiger partial charge in [-0.2, -0.15) is 0 Å². The number of benzene rings is 1. The van der Waals surface area contributed by atoms with Crippen molar-refractivity contribution in [1.29, 1.82) is 0 Å². The lowest BCUT2D eigenvalue weighted by atomic mass is 10.2. The van der Waals surface area contributed by atoms with Gasteiger partial charge in [-0.3, -0.25) is 4.79 Å². The number of nitrogens with zero attached hydrogens (tertiary/aromatic N) is 1. The summed E-state index contributed by atoms with van der Waals surface area (Å²) in [5.74, 6) is 0.614. The zero-order valence-electron chi connectivity index (χ0n) is 13.3. The molecule has 0 spiro atoms. The predicted molar refractivity (Wildman–Crippen MR) is 94.3 cm³/mol. The summed E-state index contributed by atoms with van der Waals surface area (Å²) in [4.78, 5) is 16.4. The molecule has 128 valence electrons. The molecule has 1 aromatic heterocycles. The summed E-state index contributed by atoms with van der Waals surface area (Å²) in [6, 6.07) is 7.34. The average molecular weight is 367 g/mol. The third-order valence-electron chi connectivity index (χ3n) is 3.79. The van der Waals surface area contributed by atoms with E-state index in [0.717, 1.165) is 25.0 Å². The fraction of sp³-hybridized carbons (Fsp3) is 0.412. The first-order valence-corrected chi connectivity index (χ1v) is 9.15. The van der Waals surface area contributed by atoms with E-state index in [1.165, 1.54) is 11.8 Å². The number of hydrogen-bond acceptors (Lipinski definition) is 5. The van der Waals surface area contributed by atoms with Gasteiger partial charge in [0.2, 0.25) is 5.91 Å². The van der Waals surface area contributed by atoms with Crippen LogP contribution in [0, 0.1) is 0 Å². The Kier molecular flexibility index (Phi) is 5.81. The Bertz CT molecular complexity index is 683. The van der Waals surface area contributed by atoms with E-state index in [4.69, 9.17) is 20.8 Å². The first-order chi connectivity index (χ1) is 11.6. The molecular formula is C17H19ClN2O3S. The van der Waals surface area contributed by atoms with E-state index in [1.54, 1.807) is 18.3 Å². The second kappa shape index (κ2) is 8.05. The van der Waals surface area contributed by atoms with Crippen LogP contribution in [0.2, 0.25) is 5.02 Å². The smallest absolute Gasteiger partial charge is 0.256 e. The predicted octanol–water partition coefficient (Wildman–Crippen LogP) is 3.77. The molecule has 2 heterocycles. The standard InChI is InChI=1S/C17H19ClN2O3S/c1-11(16(21)19-9-14-3-2-8-22-14)24-17-20-10-15(23-17)12-4-6-13(18)7-5-12/h4-7,10-11,14H,2-3,8-9H2,1H3,(H,19,21). The van der Waals surface area contributed by atoms with Crippen molar-refractivity contribution in [2.75, 3.05) is 13.2 Å². The van der Waals surface area contributed by atoms with Crippen molar-refractivity contribution in [2.45, 2.75) is 36.3 Å². The number of aromatic nitrogens is 1. The van der Waals surface area contributed by atoms with Gasteiger partial charge >= 0.3 is 0 Å². The molecule has 0 radical (unpaired) electrons. The van der Waals surface area contributed by atoms with Gasteiger partial charge in [-0.25, -0.2) is 4.98 Å². The molecule has 1 aromatic carbocycles. The van der Waals surface area contributed by atoms with Crippen LogP contribution in [0.4, 0.5) is 0 Å². The van der Waals surface area contributed by atoms with Crippen LogP contribution in [-0.4, -0.2) is 35.4 Å². The fourth-order valence-electron chi connectivity index (χ4n) is 2.43. The lowest BCUT2D eigenvalue weighted by Gasteiger charge is -2.13. The van der Waals surface area contributed by atoms with Gasteiger partial charge in [0.05, 0.1) is 17.6 Å². The molecule has 2 aromatic rings. The first-order valence-electron chi connectivity index (χ1n) is 7.89. The van der Waals surface area contributed by atoms with Gasteiger partial charge in [-0.15, -0.1) is 0 Å². The van der Waals surface area contributed by atoms with E-state index in [1.807, 2.05) is 19.1 Å². The van der Waals surface area contributed by atoms with E-state index in [9.17, 15) is 4.79 Å². The van der Waals surface area contributed by atoms with Gasteiger partial charge in [-0.1, -0.05) is 23.4 Å². The van der Waals surface area contributed by atoms with Gasteiger partial charge in [-0.05, 0) is 44.0 Å². The van der Waals surface area contributed by atoms with E-state index in [-0.39, 0.29) is 17.3 Å². The van der Waals surface area contributed by atoms with Crippen LogP contribution >= 0.6 is 23.4 Å². The van der Waals surface area contributed by atoms with Crippen molar-refractivity contribution in [3.8, 4) is 11.3 Å². The third-order valence-corrected chi connectivity index (χ3v) is 5.00. The Balaban J connectivity index is 1.53. The molecule has 0 bridgehead atoms. The molecule has 1 aliphatic heterocycles. The van der Waals surface area contributed by atoms with Crippen molar-refractivity contribution in [2.24, 2.45) is 0 Å². The number of nitrogens with one attached hydrogen (secondary N) is 1. The van der Waals surface area contributed by atoms with E-state index < -0.39 is 0 Å². The molecule has 1 amide bonds. The normalized spacial score (nSPS) is 18.5. The highest BCUT2D eigenvalue weighted by atomic mass is 35.5. The minimum Gasteiger partial charge on any atom is -0.431 e. The molecule has 24 heavy (non-hydrogen) atoms. The lowest BCUT2D eigenvalue weighted by Crippen LogP contribution is -2.36. The highest BCUT2D eigenvalue weighted by Gasteiger charge is 2.21. The summed E-state index contributed by atoms with van der Waals surface area (Å²) < 4.78 is 11.2. The van der Waals surface area contributed by atoms with Crippen LogP contribution in [0.15, 0.2) is 40.1 Å². The minimum atomic E-state index is -0.289. The van der Waals surface area contributed by atoms with Gasteiger partial charge in [0, 0.05) is 23.7 Å². The number of oxazole rings is 1. The number of carbonyl (C=O) groups excluding carboxylic acids is 1. The van der Waals surface area contributed by atoms with Gasteiger partial charge in [0.15, 0.2) is 5.76 Å². The summed E-state index contributed by atoms with van der Waals surface area (Å²) in [5.41, 5.74) is 0.897. The summed E-state index contributed by atoms with van der Waals surface area (Å²) in [5, 5.41) is 3.77. The van der Waals surface area contributed by atoms with E-state index >= 15 is 0 Å². The molecule has 1 fully saturated rings. The second-order valence-corrected chi connectivity index (χ2v) is 7.37. The third kappa shape index (κ3) is 4.53. The highest BCUT2D eigenvalue weighted by molar-refractivity contribution is 8.00. The van der Waals surface area contributed by atoms with Crippen molar-refractivity contribution in [3.63, 3.8) is 0 Å². The van der Waals surface area contributed by atoms with Gasteiger partial charge in [0.1, 0.15) is 0 Å². The van der Waals surface area contributed by atoms with Crippen molar-refractivity contribution < 1.29 is 13.9 Å². The lowest BCUT2D eigenvalue weighted by molar-refractivity contribution is -0.120. The molecule has 2 atom stereocenters. The maximum atomic E-state index is 12.1. The number of carbonyl (C=O) groups is 1. The maximum Gasteiger partial charge on any atom is 0.256 e. The van der Waals surface area contributed by atoms with Crippen molar-refractivity contribution in [3.05, 3.63) is 35.5 Å². The molecule has 5 nitrogen and oxygen atoms in total. The van der Waals surface area contributed by atoms with E-state index in [0.29, 0.717) is 22.6 Å². The summed E-state index contributed by atoms with van der Waals surface area (Å²) in [6.45, 7) is 3.18. The van der Waals surface area contributed by atoms with Crippen LogP contribution in [0.1, 0.15) is 19.8 Å². The topological polar surface area (TPSA) is 64.4 Å². The number of hydrogen-bond donors (Lipinski definition) is 1. The fourth-order valence-corrected chi connectivity index (χ4v) is 3.30. The van der Waals surface area contributed by atoms with Crippen LogP contribution in [0.25, 0.3) is 11.3 Å². The van der Waals surface area contributed by atoms with Crippen LogP contribution in [0.3, 0.4) is 0 Å². The monoisotopic (exact) mass is 366 g/mol. The molecule has 7 heteroatoms. The number of thioether (sulfide) groups is 1. The Hall–Kier alpha value is -1.50. The molecule has 1 aliphatic rings. The SMILES string of the molecule is CC(Sc1ncc(-c2ccc(Cl)cc2)o1)C(=O)NCC1CCCO1. The molecule has 1 N–H and O–H groups in total. The Labute approximate surface area is 150 Å². The van der Waals surface area contributed by atoms with Crippen molar-refractivity contribution >= 4 is 29.3 Å². The van der Waals surface area contributed by atoms with Crippen molar-refractivity contribution in [1.82, 2.24) is 10.3 Å². The molecule has 0 aliphatic carbocycles. The zero-order chi connectivity index (χ0) is 16.9. The number of amides is 1. The number of halogens is 1. The Morgan fingerprint density at radius 1 is 1.46 bits per heavy atom. The van der Waals surface area contributed by atoms with E-state index in [2.05, 4.69) is 10.3 Å². The second-order valence-electron chi connectivity index (χ2n) is 5.64. The van der Waals surface area contributed by atoms with Gasteiger partial charge in [0.25, 0.3) is 5.22 Å². The highest BCUT2D eigenvalue weighted by Crippen LogP contribution is 2.28. The number of rotatable bonds is 6. The summed E-state index contributed by atoms with van der Waals surface area (Å²) >= 11 is 7.18. The Morgan fingerprint density at radius 2 is 2.25 bits per heavy atom. The van der Waals surface area contributed by atoms with Gasteiger partial charge < -0.3 is 14.5 Å². The zero-order valence-corrected chi connectivity index (χ0v) is 14.9. The first kappa shape index (κ1) is 17.3. The molecule has 2 unspecified atom stereocenters.